The number of nitrogens with one attached hydrogen (secondary N) is 1. The molecular formula is C10H17NO5. The van der Waals surface area contributed by atoms with Crippen LogP contribution in [0, 0.1) is 0 Å². The van der Waals surface area contributed by atoms with E-state index in [9.17, 15) is 9.90 Å². The van der Waals surface area contributed by atoms with Crippen LogP contribution in [0.5, 0.6) is 0 Å². The van der Waals surface area contributed by atoms with E-state index in [1.54, 1.807) is 0 Å². The first kappa shape index (κ1) is 13.0. The number of ketones is 1. The summed E-state index contributed by atoms with van der Waals surface area (Å²) in [6.45, 7) is -0.316. The predicted molar refractivity (Wildman–Crippen MR) is 55.4 cm³/mol. The van der Waals surface area contributed by atoms with E-state index in [0.717, 1.165) is 0 Å². The maximum absolute atomic E-state index is 11.6. The number of rotatable bonds is 5. The normalized spacial score (nSPS) is 25.9. The first-order valence-corrected chi connectivity index (χ1v) is 5.04. The summed E-state index contributed by atoms with van der Waals surface area (Å²) in [7, 11) is 1.37. The van der Waals surface area contributed by atoms with Gasteiger partial charge >= 0.3 is 0 Å². The van der Waals surface area contributed by atoms with E-state index >= 15 is 0 Å². The summed E-state index contributed by atoms with van der Waals surface area (Å²) in [5.41, 5.74) is -1.01. The van der Waals surface area contributed by atoms with Crippen molar-refractivity contribution in [2.24, 2.45) is 0 Å². The van der Waals surface area contributed by atoms with E-state index in [0.29, 0.717) is 5.70 Å². The number of allylic oxidation sites excluding steroid dienone is 1. The number of aliphatic hydroxyl groups excluding tert-OH is 2. The monoisotopic (exact) mass is 231 g/mol. The molecule has 92 valence electrons. The Kier molecular flexibility index (Phi) is 4.28. The highest BCUT2D eigenvalue weighted by Gasteiger charge is 2.38. The van der Waals surface area contributed by atoms with E-state index in [4.69, 9.17) is 14.9 Å². The standard InChI is InChI=1S/C10H17NO5/c1-16-9-7(11-2-3-12)4-10(15,6-13)5-8(9)14/h11-13,15H,2-6H2,1H3. The van der Waals surface area contributed by atoms with Crippen molar-refractivity contribution < 1.29 is 24.9 Å². The summed E-state index contributed by atoms with van der Waals surface area (Å²) in [6, 6.07) is 0. The quantitative estimate of drug-likeness (QED) is 0.460. The van der Waals surface area contributed by atoms with Crippen LogP contribution < -0.4 is 5.32 Å². The van der Waals surface area contributed by atoms with Gasteiger partial charge in [-0.2, -0.15) is 0 Å². The lowest BCUT2D eigenvalue weighted by molar-refractivity contribution is -0.127. The molecule has 6 nitrogen and oxygen atoms in total. The van der Waals surface area contributed by atoms with Gasteiger partial charge < -0.3 is 25.4 Å². The Morgan fingerprint density at radius 1 is 1.44 bits per heavy atom. The Morgan fingerprint density at radius 3 is 2.62 bits per heavy atom. The number of hydrogen-bond donors (Lipinski definition) is 4. The fourth-order valence-corrected chi connectivity index (χ4v) is 1.72. The van der Waals surface area contributed by atoms with E-state index in [2.05, 4.69) is 5.32 Å². The zero-order valence-corrected chi connectivity index (χ0v) is 9.19. The molecule has 0 spiro atoms. The molecule has 1 atom stereocenters. The third kappa shape index (κ3) is 2.72. The van der Waals surface area contributed by atoms with E-state index in [1.807, 2.05) is 0 Å². The summed E-state index contributed by atoms with van der Waals surface area (Å²) >= 11 is 0. The maximum atomic E-state index is 11.6. The minimum absolute atomic E-state index is 0.0910. The average Bonchev–Trinajstić information content (AvgIpc) is 2.26. The van der Waals surface area contributed by atoms with Gasteiger partial charge in [0.25, 0.3) is 0 Å². The lowest BCUT2D eigenvalue weighted by Gasteiger charge is -2.32. The highest BCUT2D eigenvalue weighted by Crippen LogP contribution is 2.29. The van der Waals surface area contributed by atoms with Crippen molar-refractivity contribution in [2.75, 3.05) is 26.9 Å². The van der Waals surface area contributed by atoms with Gasteiger partial charge in [0.1, 0.15) is 5.60 Å². The second-order valence-corrected chi connectivity index (χ2v) is 3.82. The molecule has 6 heteroatoms. The number of ether oxygens (including phenoxy) is 1. The van der Waals surface area contributed by atoms with Crippen molar-refractivity contribution in [1.29, 1.82) is 0 Å². The lowest BCUT2D eigenvalue weighted by atomic mass is 9.86. The molecule has 0 aromatic carbocycles. The van der Waals surface area contributed by atoms with Crippen LogP contribution in [0.25, 0.3) is 0 Å². The van der Waals surface area contributed by atoms with Gasteiger partial charge in [-0.25, -0.2) is 0 Å². The zero-order chi connectivity index (χ0) is 12.2. The molecule has 1 aliphatic rings. The largest absolute Gasteiger partial charge is 0.491 e. The number of carbonyl (C=O) groups is 1. The number of Topliss-reactive ketones (excluding diaryl/α,β-unsaturated/α-hetero) is 1. The third-order valence-corrected chi connectivity index (χ3v) is 2.47. The van der Waals surface area contributed by atoms with Crippen molar-refractivity contribution in [3.63, 3.8) is 0 Å². The fraction of sp³-hybridized carbons (Fsp3) is 0.700. The van der Waals surface area contributed by atoms with Crippen LogP contribution in [0.3, 0.4) is 0 Å². The Labute approximate surface area is 93.5 Å². The molecule has 1 unspecified atom stereocenters. The molecule has 0 bridgehead atoms. The Balaban J connectivity index is 2.90. The van der Waals surface area contributed by atoms with Gasteiger partial charge in [0.05, 0.1) is 26.0 Å². The summed E-state index contributed by atoms with van der Waals surface area (Å²) in [6.07, 6.45) is -0.0462. The highest BCUT2D eigenvalue weighted by molar-refractivity contribution is 5.95. The van der Waals surface area contributed by atoms with Gasteiger partial charge in [-0.3, -0.25) is 4.79 Å². The van der Waals surface area contributed by atoms with Crippen LogP contribution in [-0.2, 0) is 9.53 Å². The highest BCUT2D eigenvalue weighted by atomic mass is 16.5. The van der Waals surface area contributed by atoms with Crippen LogP contribution in [0.4, 0.5) is 0 Å². The van der Waals surface area contributed by atoms with Crippen LogP contribution in [0.2, 0.25) is 0 Å². The molecule has 1 rings (SSSR count). The molecule has 0 aromatic rings. The minimum atomic E-state index is -1.43. The van der Waals surface area contributed by atoms with Gasteiger partial charge in [0, 0.05) is 19.4 Å². The predicted octanol–water partition coefficient (Wildman–Crippen LogP) is -1.49. The molecule has 16 heavy (non-hydrogen) atoms. The molecule has 0 heterocycles. The first-order valence-electron chi connectivity index (χ1n) is 5.04. The Bertz CT molecular complexity index is 302. The summed E-state index contributed by atoms with van der Waals surface area (Å²) in [5, 5.41) is 30.4. The van der Waals surface area contributed by atoms with Gasteiger partial charge in [-0.15, -0.1) is 0 Å². The second kappa shape index (κ2) is 5.29. The van der Waals surface area contributed by atoms with E-state index < -0.39 is 12.2 Å². The average molecular weight is 231 g/mol. The lowest BCUT2D eigenvalue weighted by Crippen LogP contribution is -2.43. The molecule has 0 saturated carbocycles. The molecule has 0 radical (unpaired) electrons. The van der Waals surface area contributed by atoms with Crippen LogP contribution in [0.1, 0.15) is 12.8 Å². The van der Waals surface area contributed by atoms with Crippen LogP contribution in [0.15, 0.2) is 11.5 Å². The van der Waals surface area contributed by atoms with Gasteiger partial charge in [-0.05, 0) is 0 Å². The molecule has 4 N–H and O–H groups in total. The molecule has 0 aliphatic heterocycles. The van der Waals surface area contributed by atoms with E-state index in [1.165, 1.54) is 7.11 Å². The second-order valence-electron chi connectivity index (χ2n) is 3.82. The number of carbonyl (C=O) groups excluding carboxylic acids is 1. The number of hydrogen-bond acceptors (Lipinski definition) is 6. The third-order valence-electron chi connectivity index (χ3n) is 2.47. The smallest absolute Gasteiger partial charge is 0.202 e. The Morgan fingerprint density at radius 2 is 2.12 bits per heavy atom. The molecule has 0 amide bonds. The van der Waals surface area contributed by atoms with Crippen LogP contribution in [-0.4, -0.2) is 53.6 Å². The molecule has 0 aromatic heterocycles. The molecular weight excluding hydrogens is 214 g/mol. The number of methoxy groups -OCH3 is 1. The molecule has 0 saturated heterocycles. The van der Waals surface area contributed by atoms with Gasteiger partial charge in [0.15, 0.2) is 5.76 Å². The van der Waals surface area contributed by atoms with Crippen molar-refractivity contribution in [3.05, 3.63) is 11.5 Å². The SMILES string of the molecule is COC1=C(NCCO)CC(O)(CO)CC1=O. The number of aliphatic hydroxyl groups is 3. The van der Waals surface area contributed by atoms with Gasteiger partial charge in [-0.1, -0.05) is 0 Å². The minimum Gasteiger partial charge on any atom is -0.491 e. The summed E-state index contributed by atoms with van der Waals surface area (Å²) in [5.74, 6) is -0.197. The maximum Gasteiger partial charge on any atom is 0.202 e. The fourth-order valence-electron chi connectivity index (χ4n) is 1.72. The van der Waals surface area contributed by atoms with Crippen molar-refractivity contribution in [2.45, 2.75) is 18.4 Å². The molecule has 0 fully saturated rings. The van der Waals surface area contributed by atoms with Gasteiger partial charge in [0.2, 0.25) is 5.78 Å². The van der Waals surface area contributed by atoms with Crippen LogP contribution >= 0.6 is 0 Å². The zero-order valence-electron chi connectivity index (χ0n) is 9.19. The topological polar surface area (TPSA) is 99.0 Å². The Hall–Kier alpha value is -1.11. The first-order chi connectivity index (χ1) is 7.56. The van der Waals surface area contributed by atoms with E-state index in [-0.39, 0.29) is 37.5 Å². The summed E-state index contributed by atoms with van der Waals surface area (Å²) < 4.78 is 4.94. The molecule has 1 aliphatic carbocycles. The summed E-state index contributed by atoms with van der Waals surface area (Å²) in [4.78, 5) is 11.6. The van der Waals surface area contributed by atoms with Crippen molar-refractivity contribution in [3.8, 4) is 0 Å². The van der Waals surface area contributed by atoms with Crippen molar-refractivity contribution in [1.82, 2.24) is 5.32 Å². The van der Waals surface area contributed by atoms with Crippen molar-refractivity contribution >= 4 is 5.78 Å².